The second kappa shape index (κ2) is 12.2. The van der Waals surface area contributed by atoms with Crippen LogP contribution < -0.4 is 0 Å². The zero-order chi connectivity index (χ0) is 41.0. The van der Waals surface area contributed by atoms with E-state index in [1.807, 2.05) is 0 Å². The molecule has 0 unspecified atom stereocenters. The fourth-order valence-electron chi connectivity index (χ4n) is 12.7. The second-order valence-electron chi connectivity index (χ2n) is 17.8. The minimum absolute atomic E-state index is 0.265. The van der Waals surface area contributed by atoms with Crippen molar-refractivity contribution in [1.29, 1.82) is 0 Å². The number of rotatable bonds is 2. The quantitative estimate of drug-likeness (QED) is 0.152. The van der Waals surface area contributed by atoms with Crippen molar-refractivity contribution in [3.8, 4) is 66.8 Å². The van der Waals surface area contributed by atoms with E-state index < -0.39 is 0 Å². The van der Waals surface area contributed by atoms with Crippen LogP contribution in [-0.2, 0) is 10.8 Å². The normalized spacial score (nSPS) is 14.6. The van der Waals surface area contributed by atoms with Gasteiger partial charge in [-0.3, -0.25) is 0 Å². The van der Waals surface area contributed by atoms with Gasteiger partial charge >= 0.3 is 350 Å². The molecule has 1 aromatic heterocycles. The van der Waals surface area contributed by atoms with Gasteiger partial charge < -0.3 is 0 Å². The first kappa shape index (κ1) is 34.3. The third kappa shape index (κ3) is 4.18. The summed E-state index contributed by atoms with van der Waals surface area (Å²) in [6.45, 7) is 0. The van der Waals surface area contributed by atoms with E-state index in [4.69, 9.17) is 0 Å². The van der Waals surface area contributed by atoms with Crippen LogP contribution in [-0.4, -0.2) is 14.5 Å². The van der Waals surface area contributed by atoms with Gasteiger partial charge in [0.1, 0.15) is 0 Å². The summed E-state index contributed by atoms with van der Waals surface area (Å²) < 4.78 is 2.93. The molecule has 0 saturated carbocycles. The predicted octanol–water partition coefficient (Wildman–Crippen LogP) is 15.1. The monoisotopic (exact) mass is 860 g/mol. The molecule has 15 rings (SSSR count). The van der Waals surface area contributed by atoms with Crippen LogP contribution in [0.15, 0.2) is 218 Å². The van der Waals surface area contributed by atoms with Gasteiger partial charge in [0.15, 0.2) is 0 Å². The van der Waals surface area contributed by atoms with Crippen LogP contribution in [0.25, 0.3) is 86.1 Å². The molecular weight excluding hydrogens is 824 g/mol. The zero-order valence-electron chi connectivity index (χ0n) is 34.2. The first-order valence-electron chi connectivity index (χ1n) is 22.1. The number of fused-ring (bicyclic) bond motifs is 23. The van der Waals surface area contributed by atoms with Gasteiger partial charge in [0, 0.05) is 0 Å². The van der Waals surface area contributed by atoms with E-state index in [0.29, 0.717) is 0 Å². The van der Waals surface area contributed by atoms with Gasteiger partial charge in [0.2, 0.25) is 0 Å². The Balaban J connectivity index is 0.867. The summed E-state index contributed by atoms with van der Waals surface area (Å²) >= 11 is 0.265. The molecule has 10 aromatic carbocycles. The Bertz CT molecular complexity index is 3480. The Labute approximate surface area is 372 Å². The molecule has 0 atom stereocenters. The van der Waals surface area contributed by atoms with E-state index in [2.05, 4.69) is 218 Å². The third-order valence-corrected chi connectivity index (χ3v) is 17.5. The molecule has 11 aromatic rings. The van der Waals surface area contributed by atoms with Gasteiger partial charge in [0.05, 0.1) is 0 Å². The Morgan fingerprint density at radius 3 is 0.810 bits per heavy atom. The zero-order valence-corrected chi connectivity index (χ0v) is 35.9. The molecule has 1 heterocycles. The Morgan fingerprint density at radius 2 is 0.476 bits per heavy atom. The average molecular weight is 860 g/mol. The van der Waals surface area contributed by atoms with Crippen molar-refractivity contribution < 1.29 is 0 Å². The maximum atomic E-state index is 2.48. The van der Waals surface area contributed by atoms with Crippen molar-refractivity contribution in [2.75, 3.05) is 0 Å². The molecule has 0 N–H and O–H groups in total. The van der Waals surface area contributed by atoms with Crippen molar-refractivity contribution in [2.45, 2.75) is 10.8 Å². The van der Waals surface area contributed by atoms with E-state index >= 15 is 0 Å². The van der Waals surface area contributed by atoms with E-state index in [1.165, 1.54) is 131 Å². The van der Waals surface area contributed by atoms with Crippen LogP contribution in [0.1, 0.15) is 44.5 Å². The van der Waals surface area contributed by atoms with Gasteiger partial charge in [-0.1, -0.05) is 24.3 Å². The first-order chi connectivity index (χ1) is 31.2. The average Bonchev–Trinajstić information content (AvgIpc) is 4.12. The van der Waals surface area contributed by atoms with Crippen molar-refractivity contribution in [1.82, 2.24) is 0 Å². The summed E-state index contributed by atoms with van der Waals surface area (Å²) in [7, 11) is 0. The molecule has 0 amide bonds. The number of hydrogen-bond acceptors (Lipinski definition) is 0. The Kier molecular flexibility index (Phi) is 6.65. The molecule has 290 valence electrons. The SMILES string of the molecule is c1ccc2c(c1)-c1ccccc1C21c2ccccc2-c2cc(-c3ccc4[se]c5ccc(-c6ccc7c(c6)-c6ccccc6C76c7ccccc7-c7ccccc76)cc5c4c3)ccc21. The van der Waals surface area contributed by atoms with Crippen LogP contribution in [0.2, 0.25) is 0 Å². The first-order valence-corrected chi connectivity index (χ1v) is 23.8. The second-order valence-corrected chi connectivity index (χ2v) is 20.1. The Morgan fingerprint density at radius 1 is 0.222 bits per heavy atom. The summed E-state index contributed by atoms with van der Waals surface area (Å²) in [5, 5.41) is 2.76. The fourth-order valence-corrected chi connectivity index (χ4v) is 14.9. The summed E-state index contributed by atoms with van der Waals surface area (Å²) in [5.74, 6) is 0. The van der Waals surface area contributed by atoms with Crippen molar-refractivity contribution in [3.63, 3.8) is 0 Å². The molecule has 0 nitrogen and oxygen atoms in total. The van der Waals surface area contributed by atoms with Crippen LogP contribution in [0, 0.1) is 0 Å². The molecule has 63 heavy (non-hydrogen) atoms. The van der Waals surface area contributed by atoms with Gasteiger partial charge in [-0.05, 0) is 0 Å². The molecule has 0 saturated heterocycles. The molecular formula is C62H36Se. The molecule has 2 spiro atoms. The van der Waals surface area contributed by atoms with Gasteiger partial charge in [-0.25, -0.2) is 0 Å². The van der Waals surface area contributed by atoms with E-state index in [9.17, 15) is 0 Å². The number of benzene rings is 10. The summed E-state index contributed by atoms with van der Waals surface area (Å²) in [6.07, 6.45) is 0. The fraction of sp³-hybridized carbons (Fsp3) is 0.0323. The summed E-state index contributed by atoms with van der Waals surface area (Å²) in [5.41, 5.74) is 26.3. The molecule has 0 aliphatic heterocycles. The van der Waals surface area contributed by atoms with E-state index in [0.717, 1.165) is 0 Å². The van der Waals surface area contributed by atoms with Crippen molar-refractivity contribution >= 4 is 33.8 Å². The molecule has 0 bridgehead atoms. The molecule has 1 heteroatoms. The summed E-state index contributed by atoms with van der Waals surface area (Å²) in [4.78, 5) is 0. The van der Waals surface area contributed by atoms with E-state index in [-0.39, 0.29) is 25.3 Å². The third-order valence-electron chi connectivity index (χ3n) is 15.1. The van der Waals surface area contributed by atoms with Gasteiger partial charge in [-0.2, -0.15) is 0 Å². The molecule has 4 aliphatic carbocycles. The molecule has 0 fully saturated rings. The predicted molar refractivity (Wildman–Crippen MR) is 262 cm³/mol. The van der Waals surface area contributed by atoms with Crippen molar-refractivity contribution in [2.24, 2.45) is 0 Å². The maximum absolute atomic E-state index is 2.48. The molecule has 0 radical (unpaired) electrons. The standard InChI is InChI=1S/C62H36Se/c1-7-19-51-41(13-1)42-14-2-8-20-52(42)61(51)55-23-11-5-17-45(55)47-33-37(25-29-57(47)61)39-27-31-59-49(35-39)50-36-40(28-32-60(50)63-59)38-26-30-58-48(34-38)46-18-6-12-24-56(46)62(58)53-21-9-3-15-43(53)44-16-4-10-22-54(44)62/h1-36H. The van der Waals surface area contributed by atoms with Gasteiger partial charge in [-0.15, -0.1) is 0 Å². The number of hydrogen-bond donors (Lipinski definition) is 0. The topological polar surface area (TPSA) is 0 Å². The van der Waals surface area contributed by atoms with Crippen molar-refractivity contribution in [3.05, 3.63) is 263 Å². The van der Waals surface area contributed by atoms with Crippen LogP contribution in [0.5, 0.6) is 0 Å². The summed E-state index contributed by atoms with van der Waals surface area (Å²) in [6, 6.07) is 83.5. The van der Waals surface area contributed by atoms with Crippen LogP contribution in [0.4, 0.5) is 0 Å². The van der Waals surface area contributed by atoms with E-state index in [1.54, 1.807) is 0 Å². The Hall–Kier alpha value is -7.28. The van der Waals surface area contributed by atoms with Crippen LogP contribution >= 0.6 is 0 Å². The molecule has 4 aliphatic rings. The van der Waals surface area contributed by atoms with Crippen LogP contribution in [0.3, 0.4) is 0 Å². The minimum atomic E-state index is -0.320. The van der Waals surface area contributed by atoms with Gasteiger partial charge in [0.25, 0.3) is 0 Å².